The Hall–Kier alpha value is -3.68. The van der Waals surface area contributed by atoms with E-state index >= 15 is 0 Å². The van der Waals surface area contributed by atoms with Gasteiger partial charge in [0, 0.05) is 30.3 Å². The minimum atomic E-state index is -0.260. The summed E-state index contributed by atoms with van der Waals surface area (Å²) in [5, 5.41) is 9.45. The molecule has 34 heavy (non-hydrogen) atoms. The summed E-state index contributed by atoms with van der Waals surface area (Å²) in [4.78, 5) is 21.0. The lowest BCUT2D eigenvalue weighted by atomic mass is 10.0. The minimum Gasteiger partial charge on any atom is -0.294 e. The summed E-state index contributed by atoms with van der Waals surface area (Å²) >= 11 is 0. The third-order valence-corrected chi connectivity index (χ3v) is 6.48. The number of aromatic nitrogens is 6. The fourth-order valence-electron chi connectivity index (χ4n) is 4.53. The van der Waals surface area contributed by atoms with Crippen LogP contribution in [0.15, 0.2) is 36.7 Å². The molecule has 174 valence electrons. The number of carbonyl (C=O) groups excluding carboxylic acids is 1. The van der Waals surface area contributed by atoms with Gasteiger partial charge in [-0.15, -0.1) is 0 Å². The van der Waals surface area contributed by atoms with Gasteiger partial charge < -0.3 is 0 Å². The van der Waals surface area contributed by atoms with Crippen LogP contribution in [0.5, 0.6) is 0 Å². The maximum Gasteiger partial charge on any atom is 0.163 e. The zero-order valence-corrected chi connectivity index (χ0v) is 19.8. The van der Waals surface area contributed by atoms with Crippen molar-refractivity contribution in [3.8, 4) is 17.1 Å². The second-order valence-corrected chi connectivity index (χ2v) is 9.11. The summed E-state index contributed by atoms with van der Waals surface area (Å²) in [6, 6.07) is 8.39. The van der Waals surface area contributed by atoms with E-state index in [-0.39, 0.29) is 11.6 Å². The number of hydrogen-bond donors (Lipinski definition) is 0. The zero-order valence-electron chi connectivity index (χ0n) is 19.8. The molecule has 0 saturated heterocycles. The zero-order chi connectivity index (χ0) is 24.0. The van der Waals surface area contributed by atoms with Crippen LogP contribution in [0, 0.1) is 32.5 Å². The normalized spacial score (nSPS) is 13.4. The van der Waals surface area contributed by atoms with Crippen molar-refractivity contribution in [3.05, 3.63) is 76.4 Å². The minimum absolute atomic E-state index is 0.0107. The molecule has 0 amide bonds. The number of halogens is 1. The summed E-state index contributed by atoms with van der Waals surface area (Å²) in [6.07, 6.45) is 4.56. The topological polar surface area (TPSA) is 78.5 Å². The summed E-state index contributed by atoms with van der Waals surface area (Å²) in [5.41, 5.74) is 6.85. The molecule has 1 aliphatic carbocycles. The Balaban J connectivity index is 1.52. The van der Waals surface area contributed by atoms with Crippen molar-refractivity contribution in [1.82, 2.24) is 29.5 Å². The van der Waals surface area contributed by atoms with E-state index in [1.807, 2.05) is 19.9 Å². The molecular weight excluding hydrogens is 431 g/mol. The molecule has 8 heteroatoms. The van der Waals surface area contributed by atoms with Gasteiger partial charge in [0.25, 0.3) is 0 Å². The van der Waals surface area contributed by atoms with E-state index in [1.165, 1.54) is 31.3 Å². The number of hydrogen-bond acceptors (Lipinski definition) is 5. The molecule has 0 N–H and O–H groups in total. The van der Waals surface area contributed by atoms with Gasteiger partial charge in [-0.1, -0.05) is 0 Å². The Morgan fingerprint density at radius 3 is 2.47 bits per heavy atom. The van der Waals surface area contributed by atoms with Gasteiger partial charge in [0.05, 0.1) is 28.3 Å². The monoisotopic (exact) mass is 458 g/mol. The maximum atomic E-state index is 13.5. The van der Waals surface area contributed by atoms with Crippen molar-refractivity contribution in [3.63, 3.8) is 0 Å². The Morgan fingerprint density at radius 1 is 1.09 bits per heavy atom. The van der Waals surface area contributed by atoms with Crippen LogP contribution in [0.1, 0.15) is 58.5 Å². The van der Waals surface area contributed by atoms with Crippen molar-refractivity contribution in [2.24, 2.45) is 5.92 Å². The maximum absolute atomic E-state index is 13.5. The first-order valence-electron chi connectivity index (χ1n) is 11.5. The van der Waals surface area contributed by atoms with Crippen LogP contribution in [0.2, 0.25) is 0 Å². The smallest absolute Gasteiger partial charge is 0.163 e. The van der Waals surface area contributed by atoms with Crippen LogP contribution in [0.4, 0.5) is 4.39 Å². The summed E-state index contributed by atoms with van der Waals surface area (Å²) in [5.74, 6) is 1.01. The molecule has 0 unspecified atom stereocenters. The largest absolute Gasteiger partial charge is 0.294 e. The van der Waals surface area contributed by atoms with Crippen LogP contribution in [0.3, 0.4) is 0 Å². The second kappa shape index (κ2) is 8.59. The molecule has 5 rings (SSSR count). The fourth-order valence-corrected chi connectivity index (χ4v) is 4.53. The fraction of sp³-hybridized carbons (Fsp3) is 0.346. The van der Waals surface area contributed by atoms with Gasteiger partial charge in [-0.05, 0) is 76.3 Å². The predicted octanol–water partition coefficient (Wildman–Crippen LogP) is 4.79. The Morgan fingerprint density at radius 2 is 1.82 bits per heavy atom. The molecule has 0 spiro atoms. The highest BCUT2D eigenvalue weighted by Crippen LogP contribution is 2.33. The van der Waals surface area contributed by atoms with Gasteiger partial charge in [-0.25, -0.2) is 19.0 Å². The Bertz CT molecular complexity index is 1380. The van der Waals surface area contributed by atoms with Gasteiger partial charge in [-0.2, -0.15) is 10.2 Å². The summed E-state index contributed by atoms with van der Waals surface area (Å²) in [6.45, 7) is 8.19. The van der Waals surface area contributed by atoms with Crippen molar-refractivity contribution < 1.29 is 9.18 Å². The van der Waals surface area contributed by atoms with Crippen molar-refractivity contribution in [2.45, 2.75) is 53.5 Å². The van der Waals surface area contributed by atoms with Crippen molar-refractivity contribution in [1.29, 1.82) is 0 Å². The third-order valence-electron chi connectivity index (χ3n) is 6.48. The molecule has 4 aromatic rings. The number of rotatable bonds is 7. The summed E-state index contributed by atoms with van der Waals surface area (Å²) in [7, 11) is 0. The van der Waals surface area contributed by atoms with Gasteiger partial charge in [-0.3, -0.25) is 9.48 Å². The number of ketones is 1. The first-order chi connectivity index (χ1) is 16.3. The molecule has 3 heterocycles. The average Bonchev–Trinajstić information content (AvgIpc) is 3.50. The molecule has 7 nitrogen and oxygen atoms in total. The summed E-state index contributed by atoms with van der Waals surface area (Å²) < 4.78 is 17.3. The molecule has 0 bridgehead atoms. The van der Waals surface area contributed by atoms with E-state index in [0.717, 1.165) is 40.4 Å². The molecule has 0 atom stereocenters. The standard InChI is InChI=1S/C26H27FN6O/c1-15-23(32(13-19-5-6-19)31-26(15)20-7-9-21(27)10-8-20)11-22-12-24(29-14-28-22)33-17(3)25(18(4)34)16(2)30-33/h7-10,12,14,19H,5-6,11,13H2,1-4H3. The van der Waals surface area contributed by atoms with Gasteiger partial charge >= 0.3 is 0 Å². The molecule has 0 radical (unpaired) electrons. The molecule has 1 fully saturated rings. The quantitative estimate of drug-likeness (QED) is 0.372. The number of aryl methyl sites for hydroxylation is 1. The SMILES string of the molecule is CC(=O)c1c(C)nn(-c2cc(Cc3c(C)c(-c4ccc(F)cc4)nn3CC3CC3)ncn2)c1C. The molecule has 1 aromatic carbocycles. The van der Waals surface area contributed by atoms with E-state index < -0.39 is 0 Å². The lowest BCUT2D eigenvalue weighted by Crippen LogP contribution is -2.10. The van der Waals surface area contributed by atoms with Crippen LogP contribution >= 0.6 is 0 Å². The van der Waals surface area contributed by atoms with Crippen LogP contribution in [-0.2, 0) is 13.0 Å². The van der Waals surface area contributed by atoms with E-state index in [2.05, 4.69) is 26.7 Å². The van der Waals surface area contributed by atoms with Crippen molar-refractivity contribution in [2.75, 3.05) is 0 Å². The lowest BCUT2D eigenvalue weighted by Gasteiger charge is -2.09. The van der Waals surface area contributed by atoms with E-state index in [0.29, 0.717) is 29.4 Å². The highest BCUT2D eigenvalue weighted by atomic mass is 19.1. The lowest BCUT2D eigenvalue weighted by molar-refractivity contribution is 0.101. The number of carbonyl (C=O) groups is 1. The van der Waals surface area contributed by atoms with Crippen LogP contribution < -0.4 is 0 Å². The van der Waals surface area contributed by atoms with Crippen LogP contribution in [0.25, 0.3) is 17.1 Å². The van der Waals surface area contributed by atoms with Crippen molar-refractivity contribution >= 4 is 5.78 Å². The van der Waals surface area contributed by atoms with E-state index in [4.69, 9.17) is 5.10 Å². The van der Waals surface area contributed by atoms with Gasteiger partial charge in [0.2, 0.25) is 0 Å². The molecular formula is C26H27FN6O. The van der Waals surface area contributed by atoms with Gasteiger partial charge in [0.15, 0.2) is 11.6 Å². The number of benzene rings is 1. The Labute approximate surface area is 197 Å². The highest BCUT2D eigenvalue weighted by molar-refractivity contribution is 5.96. The third kappa shape index (κ3) is 4.16. The average molecular weight is 459 g/mol. The number of Topliss-reactive ketones (excluding diaryl/α,β-unsaturated/α-hetero) is 1. The predicted molar refractivity (Wildman–Crippen MR) is 127 cm³/mol. The van der Waals surface area contributed by atoms with Crippen LogP contribution in [-0.4, -0.2) is 35.3 Å². The first-order valence-corrected chi connectivity index (χ1v) is 11.5. The molecule has 3 aromatic heterocycles. The Kier molecular flexibility index (Phi) is 5.59. The molecule has 1 aliphatic rings. The van der Waals surface area contributed by atoms with Gasteiger partial charge in [0.1, 0.15) is 12.1 Å². The molecule has 1 saturated carbocycles. The van der Waals surface area contributed by atoms with E-state index in [9.17, 15) is 9.18 Å². The first kappa shape index (κ1) is 22.1. The second-order valence-electron chi connectivity index (χ2n) is 9.11. The molecule has 0 aliphatic heterocycles. The number of nitrogens with zero attached hydrogens (tertiary/aromatic N) is 6. The highest BCUT2D eigenvalue weighted by Gasteiger charge is 2.26. The van der Waals surface area contributed by atoms with E-state index in [1.54, 1.807) is 23.7 Å².